The molecule has 0 aliphatic carbocycles. The normalized spacial score (nSPS) is 12.1. The van der Waals surface area contributed by atoms with Crippen LogP contribution in [0.25, 0.3) is 5.69 Å². The van der Waals surface area contributed by atoms with E-state index in [0.29, 0.717) is 38.7 Å². The van der Waals surface area contributed by atoms with Gasteiger partial charge >= 0.3 is 0 Å². The molecule has 4 aromatic rings. The Kier molecular flexibility index (Phi) is 10.1. The Labute approximate surface area is 225 Å². The summed E-state index contributed by atoms with van der Waals surface area (Å²) in [5, 5.41) is 15.6. The van der Waals surface area contributed by atoms with Gasteiger partial charge in [-0.3, -0.25) is 4.90 Å². The molecular weight excluding hydrogens is 478 g/mol. The van der Waals surface area contributed by atoms with Crippen LogP contribution < -0.4 is 4.74 Å². The summed E-state index contributed by atoms with van der Waals surface area (Å²) in [6.07, 6.45) is -0.652. The second-order valence-corrected chi connectivity index (χ2v) is 9.42. The average Bonchev–Trinajstić information content (AvgIpc) is 3.22. The van der Waals surface area contributed by atoms with Crippen LogP contribution in [-0.4, -0.2) is 59.3 Å². The van der Waals surface area contributed by atoms with Crippen LogP contribution in [0.15, 0.2) is 84.9 Å². The molecule has 0 aliphatic heterocycles. The molecule has 4 rings (SSSR count). The molecule has 1 aromatic heterocycles. The monoisotopic (exact) mass is 515 g/mol. The lowest BCUT2D eigenvalue weighted by Gasteiger charge is -2.25. The molecule has 0 fully saturated rings. The van der Waals surface area contributed by atoms with E-state index in [1.165, 1.54) is 0 Å². The first-order valence-electron chi connectivity index (χ1n) is 12.9. The number of aliphatic hydroxyl groups excluding tert-OH is 1. The minimum absolute atomic E-state index is 0.243. The molecular formula is C31H37N3O4. The van der Waals surface area contributed by atoms with E-state index >= 15 is 0 Å². The van der Waals surface area contributed by atoms with Crippen LogP contribution in [0.3, 0.4) is 0 Å². The number of methoxy groups -OCH3 is 1. The predicted octanol–water partition coefficient (Wildman–Crippen LogP) is 5.31. The second kappa shape index (κ2) is 13.9. The van der Waals surface area contributed by atoms with Crippen LogP contribution in [0.2, 0.25) is 0 Å². The Balaban J connectivity index is 1.54. The SMILES string of the molecule is COCCN(Cc1c(C)nn(-c2ccccc2)c1Oc1cccc(C)c1)C[C@H](O)COCc1ccccc1. The lowest BCUT2D eigenvalue weighted by atomic mass is 10.2. The van der Waals surface area contributed by atoms with Gasteiger partial charge in [0.25, 0.3) is 0 Å². The van der Waals surface area contributed by atoms with Gasteiger partial charge in [0.05, 0.1) is 42.9 Å². The Morgan fingerprint density at radius 2 is 1.68 bits per heavy atom. The molecule has 0 radical (unpaired) electrons. The molecule has 1 atom stereocenters. The lowest BCUT2D eigenvalue weighted by molar-refractivity contribution is 0.00467. The summed E-state index contributed by atoms with van der Waals surface area (Å²) in [5.41, 5.74) is 4.95. The molecule has 1 heterocycles. The number of aromatic nitrogens is 2. The molecule has 3 aromatic carbocycles. The summed E-state index contributed by atoms with van der Waals surface area (Å²) >= 11 is 0. The minimum Gasteiger partial charge on any atom is -0.439 e. The molecule has 38 heavy (non-hydrogen) atoms. The van der Waals surface area contributed by atoms with E-state index in [2.05, 4.69) is 4.90 Å². The summed E-state index contributed by atoms with van der Waals surface area (Å²) in [4.78, 5) is 2.16. The molecule has 0 bridgehead atoms. The maximum absolute atomic E-state index is 10.8. The minimum atomic E-state index is -0.652. The quantitative estimate of drug-likeness (QED) is 0.246. The molecule has 0 spiro atoms. The molecule has 7 nitrogen and oxygen atoms in total. The van der Waals surface area contributed by atoms with E-state index in [4.69, 9.17) is 19.3 Å². The summed E-state index contributed by atoms with van der Waals surface area (Å²) < 4.78 is 19.5. The molecule has 0 amide bonds. The van der Waals surface area contributed by atoms with E-state index in [1.807, 2.05) is 103 Å². The zero-order valence-electron chi connectivity index (χ0n) is 22.4. The maximum Gasteiger partial charge on any atom is 0.227 e. The fourth-order valence-corrected chi connectivity index (χ4v) is 4.28. The molecule has 7 heteroatoms. The van der Waals surface area contributed by atoms with Gasteiger partial charge in [0.1, 0.15) is 5.75 Å². The molecule has 0 unspecified atom stereocenters. The highest BCUT2D eigenvalue weighted by molar-refractivity contribution is 5.43. The summed E-state index contributed by atoms with van der Waals surface area (Å²) in [5.74, 6) is 1.41. The van der Waals surface area contributed by atoms with Gasteiger partial charge < -0.3 is 19.3 Å². The first-order valence-corrected chi connectivity index (χ1v) is 12.9. The van der Waals surface area contributed by atoms with E-state index in [9.17, 15) is 5.11 Å². The van der Waals surface area contributed by atoms with Crippen LogP contribution in [0, 0.1) is 13.8 Å². The Morgan fingerprint density at radius 3 is 2.39 bits per heavy atom. The highest BCUT2D eigenvalue weighted by Crippen LogP contribution is 2.32. The van der Waals surface area contributed by atoms with Crippen molar-refractivity contribution in [3.63, 3.8) is 0 Å². The molecule has 1 N–H and O–H groups in total. The number of rotatable bonds is 14. The van der Waals surface area contributed by atoms with Gasteiger partial charge in [0.15, 0.2) is 0 Å². The van der Waals surface area contributed by atoms with Crippen LogP contribution in [0.5, 0.6) is 11.6 Å². The second-order valence-electron chi connectivity index (χ2n) is 9.42. The van der Waals surface area contributed by atoms with Crippen LogP contribution >= 0.6 is 0 Å². The Hall–Kier alpha value is -3.49. The topological polar surface area (TPSA) is 69.0 Å². The fraction of sp³-hybridized carbons (Fsp3) is 0.323. The lowest BCUT2D eigenvalue weighted by Crippen LogP contribution is -2.36. The molecule has 0 saturated heterocycles. The van der Waals surface area contributed by atoms with Gasteiger partial charge in [-0.05, 0) is 49.2 Å². The van der Waals surface area contributed by atoms with E-state index in [-0.39, 0.29) is 6.61 Å². The van der Waals surface area contributed by atoms with Crippen molar-refractivity contribution in [3.05, 3.63) is 107 Å². The summed E-state index contributed by atoms with van der Waals surface area (Å²) in [7, 11) is 1.68. The number of aryl methyl sites for hydroxylation is 2. The number of para-hydroxylation sites is 1. The largest absolute Gasteiger partial charge is 0.439 e. The first-order chi connectivity index (χ1) is 18.5. The number of aliphatic hydroxyl groups is 1. The van der Waals surface area contributed by atoms with Gasteiger partial charge in [-0.1, -0.05) is 60.7 Å². The van der Waals surface area contributed by atoms with Crippen molar-refractivity contribution >= 4 is 0 Å². The van der Waals surface area contributed by atoms with Crippen molar-refractivity contribution in [3.8, 4) is 17.3 Å². The highest BCUT2D eigenvalue weighted by Gasteiger charge is 2.23. The van der Waals surface area contributed by atoms with Gasteiger partial charge in [-0.25, -0.2) is 4.68 Å². The van der Waals surface area contributed by atoms with Crippen LogP contribution in [0.1, 0.15) is 22.4 Å². The maximum atomic E-state index is 10.8. The van der Waals surface area contributed by atoms with E-state index in [0.717, 1.165) is 33.8 Å². The number of nitrogens with zero attached hydrogens (tertiary/aromatic N) is 3. The zero-order chi connectivity index (χ0) is 26.7. The van der Waals surface area contributed by atoms with Crippen LogP contribution in [-0.2, 0) is 22.6 Å². The van der Waals surface area contributed by atoms with E-state index in [1.54, 1.807) is 7.11 Å². The third-order valence-electron chi connectivity index (χ3n) is 6.23. The zero-order valence-corrected chi connectivity index (χ0v) is 22.4. The predicted molar refractivity (Wildman–Crippen MR) is 149 cm³/mol. The van der Waals surface area contributed by atoms with Crippen molar-refractivity contribution in [2.75, 3.05) is 33.4 Å². The number of hydrogen-bond acceptors (Lipinski definition) is 6. The van der Waals surface area contributed by atoms with E-state index < -0.39 is 6.10 Å². The molecule has 0 aliphatic rings. The van der Waals surface area contributed by atoms with Crippen molar-refractivity contribution in [2.45, 2.75) is 33.1 Å². The average molecular weight is 516 g/mol. The first kappa shape index (κ1) is 27.5. The summed E-state index contributed by atoms with van der Waals surface area (Å²) in [6, 6.07) is 27.9. The third-order valence-corrected chi connectivity index (χ3v) is 6.23. The van der Waals surface area contributed by atoms with Gasteiger partial charge in [-0.15, -0.1) is 0 Å². The van der Waals surface area contributed by atoms with Crippen LogP contribution in [0.4, 0.5) is 0 Å². The van der Waals surface area contributed by atoms with Gasteiger partial charge in [0, 0.05) is 26.7 Å². The van der Waals surface area contributed by atoms with Crippen molar-refractivity contribution in [2.24, 2.45) is 0 Å². The van der Waals surface area contributed by atoms with Crippen molar-refractivity contribution in [1.29, 1.82) is 0 Å². The molecule has 0 saturated carbocycles. The summed E-state index contributed by atoms with van der Waals surface area (Å²) in [6.45, 7) is 6.90. The Morgan fingerprint density at radius 1 is 0.947 bits per heavy atom. The Bertz CT molecular complexity index is 1260. The standard InChI is InChI=1S/C31H37N3O4/c1-24-11-10-16-29(19-24)38-31-30(25(2)32-34(31)27-14-8-5-9-15-27)21-33(17-18-36-3)20-28(35)23-37-22-26-12-6-4-7-13-26/h4-16,19,28,35H,17-18,20-23H2,1-3H3/t28-/m0/s1. The number of hydrogen-bond donors (Lipinski definition) is 1. The number of benzene rings is 3. The van der Waals surface area contributed by atoms with Gasteiger partial charge in [0.2, 0.25) is 5.88 Å². The number of ether oxygens (including phenoxy) is 3. The third kappa shape index (κ3) is 7.76. The smallest absolute Gasteiger partial charge is 0.227 e. The molecule has 200 valence electrons. The fourth-order valence-electron chi connectivity index (χ4n) is 4.28. The highest BCUT2D eigenvalue weighted by atomic mass is 16.5. The van der Waals surface area contributed by atoms with Crippen molar-refractivity contribution in [1.82, 2.24) is 14.7 Å². The van der Waals surface area contributed by atoms with Gasteiger partial charge in [-0.2, -0.15) is 5.10 Å². The van der Waals surface area contributed by atoms with Crippen molar-refractivity contribution < 1.29 is 19.3 Å².